The van der Waals surface area contributed by atoms with Gasteiger partial charge in [0, 0.05) is 42.0 Å². The first-order valence-electron chi connectivity index (χ1n) is 14.6. The van der Waals surface area contributed by atoms with Gasteiger partial charge >= 0.3 is 6.01 Å². The SMILES string of the molecule is C#Cc1c(F)ccc2cc(O)cc(-c3ccc4c(N5CCOC(CO)C5)nc(OC)nc4c3F)c12.FC1CC2CCCN2C1. The number of phenols is 1. The molecule has 2 N–H and O–H groups in total. The number of rotatable bonds is 4. The Morgan fingerprint density at radius 1 is 1.11 bits per heavy atom. The van der Waals surface area contributed by atoms with Crippen LogP contribution in [0.25, 0.3) is 32.8 Å². The van der Waals surface area contributed by atoms with Crippen LogP contribution in [0.1, 0.15) is 24.8 Å². The van der Waals surface area contributed by atoms with E-state index >= 15 is 4.39 Å². The van der Waals surface area contributed by atoms with Crippen molar-refractivity contribution in [1.82, 2.24) is 14.9 Å². The largest absolute Gasteiger partial charge is 0.508 e. The second kappa shape index (κ2) is 12.5. The van der Waals surface area contributed by atoms with Gasteiger partial charge in [-0.3, -0.25) is 4.90 Å². The van der Waals surface area contributed by atoms with E-state index in [1.54, 1.807) is 6.07 Å². The molecule has 7 rings (SSSR count). The molecule has 1 aromatic heterocycles. The van der Waals surface area contributed by atoms with Crippen LogP contribution in [0.15, 0.2) is 36.4 Å². The average Bonchev–Trinajstić information content (AvgIpc) is 3.62. The predicted molar refractivity (Wildman–Crippen MR) is 162 cm³/mol. The molecule has 230 valence electrons. The molecule has 0 spiro atoms. The molecule has 44 heavy (non-hydrogen) atoms. The molecule has 3 unspecified atom stereocenters. The average molecular weight is 607 g/mol. The maximum Gasteiger partial charge on any atom is 0.318 e. The molecule has 0 amide bonds. The van der Waals surface area contributed by atoms with Gasteiger partial charge in [0.15, 0.2) is 5.82 Å². The fourth-order valence-electron chi connectivity index (χ4n) is 6.49. The minimum atomic E-state index is -0.699. The third-order valence-corrected chi connectivity index (χ3v) is 8.54. The third-order valence-electron chi connectivity index (χ3n) is 8.54. The molecule has 4 heterocycles. The van der Waals surface area contributed by atoms with Crippen molar-refractivity contribution in [3.05, 3.63) is 53.6 Å². The number of aromatic nitrogens is 2. The lowest BCUT2D eigenvalue weighted by atomic mass is 9.93. The number of hydrogen-bond acceptors (Lipinski definition) is 8. The molecule has 0 radical (unpaired) electrons. The number of hydrogen-bond donors (Lipinski definition) is 2. The van der Waals surface area contributed by atoms with Crippen molar-refractivity contribution in [2.75, 3.05) is 51.4 Å². The lowest BCUT2D eigenvalue weighted by Gasteiger charge is -2.33. The lowest BCUT2D eigenvalue weighted by molar-refractivity contribution is 0.00341. The van der Waals surface area contributed by atoms with Crippen molar-refractivity contribution in [3.8, 4) is 35.2 Å². The summed E-state index contributed by atoms with van der Waals surface area (Å²) in [5, 5.41) is 21.0. The number of morpholine rings is 1. The van der Waals surface area contributed by atoms with E-state index in [1.165, 1.54) is 50.3 Å². The van der Waals surface area contributed by atoms with Crippen LogP contribution in [-0.2, 0) is 4.74 Å². The van der Waals surface area contributed by atoms with Crippen LogP contribution in [0.5, 0.6) is 11.8 Å². The molecule has 0 bridgehead atoms. The number of methoxy groups -OCH3 is 1. The first kappa shape index (κ1) is 29.9. The summed E-state index contributed by atoms with van der Waals surface area (Å²) in [5.41, 5.74) is 0.285. The number of aliphatic hydroxyl groups is 1. The number of aliphatic hydroxyl groups excluding tert-OH is 1. The molecule has 11 heteroatoms. The van der Waals surface area contributed by atoms with Gasteiger partial charge in [0.25, 0.3) is 0 Å². The number of benzene rings is 3. The molecule has 3 fully saturated rings. The molecule has 3 aromatic carbocycles. The van der Waals surface area contributed by atoms with Gasteiger partial charge < -0.3 is 24.6 Å². The normalized spacial score (nSPS) is 21.6. The summed E-state index contributed by atoms with van der Waals surface area (Å²) in [7, 11) is 1.38. The van der Waals surface area contributed by atoms with E-state index in [2.05, 4.69) is 20.8 Å². The van der Waals surface area contributed by atoms with Crippen molar-refractivity contribution in [3.63, 3.8) is 0 Å². The Morgan fingerprint density at radius 2 is 1.95 bits per heavy atom. The van der Waals surface area contributed by atoms with Crippen LogP contribution in [0.2, 0.25) is 0 Å². The summed E-state index contributed by atoms with van der Waals surface area (Å²) in [6.07, 6.45) is 7.99. The number of halogens is 3. The Hall–Kier alpha value is -4.11. The summed E-state index contributed by atoms with van der Waals surface area (Å²) < 4.78 is 54.0. The van der Waals surface area contributed by atoms with Crippen molar-refractivity contribution < 1.29 is 32.9 Å². The quantitative estimate of drug-likeness (QED) is 0.320. The van der Waals surface area contributed by atoms with Gasteiger partial charge in [0.2, 0.25) is 0 Å². The number of alkyl halides is 1. The fraction of sp³-hybridized carbons (Fsp3) is 0.394. The highest BCUT2D eigenvalue weighted by molar-refractivity contribution is 6.04. The van der Waals surface area contributed by atoms with Crippen LogP contribution < -0.4 is 9.64 Å². The Labute approximate surface area is 253 Å². The zero-order valence-electron chi connectivity index (χ0n) is 24.3. The van der Waals surface area contributed by atoms with E-state index < -0.39 is 23.9 Å². The Kier molecular flexibility index (Phi) is 8.49. The van der Waals surface area contributed by atoms with E-state index in [0.717, 1.165) is 13.0 Å². The molecule has 3 saturated heterocycles. The lowest BCUT2D eigenvalue weighted by Crippen LogP contribution is -2.44. The minimum absolute atomic E-state index is 0.00783. The maximum absolute atomic E-state index is 16.1. The third kappa shape index (κ3) is 5.61. The second-order valence-corrected chi connectivity index (χ2v) is 11.3. The maximum atomic E-state index is 16.1. The van der Waals surface area contributed by atoms with E-state index in [4.69, 9.17) is 15.9 Å². The van der Waals surface area contributed by atoms with Crippen molar-refractivity contribution in [2.24, 2.45) is 0 Å². The van der Waals surface area contributed by atoms with Crippen LogP contribution in [0.3, 0.4) is 0 Å². The van der Waals surface area contributed by atoms with E-state index in [9.17, 15) is 19.0 Å². The number of phenolic OH excluding ortho intramolecular Hbond substituents is 1. The smallest absolute Gasteiger partial charge is 0.318 e. The second-order valence-electron chi connectivity index (χ2n) is 11.3. The standard InChI is InChI=1S/C26H21F2N3O4.C7H12FN/c1-3-17-21(27)7-4-14-10-15(33)11-20(22(14)17)18-5-6-19-24(23(18)28)29-26(34-2)30-25(19)31-8-9-35-16(12-31)13-32;8-6-4-7-2-1-3-9(7)5-6/h1,4-7,10-11,16,32-33H,8-9,12-13H2,2H3;6-7H,1-5H2. The topological polar surface area (TPSA) is 91.2 Å². The summed E-state index contributed by atoms with van der Waals surface area (Å²) in [6, 6.07) is 9.25. The van der Waals surface area contributed by atoms with Crippen molar-refractivity contribution >= 4 is 27.5 Å². The summed E-state index contributed by atoms with van der Waals surface area (Å²) in [6.45, 7) is 2.91. The molecule has 0 aliphatic carbocycles. The highest BCUT2D eigenvalue weighted by Gasteiger charge is 2.34. The monoisotopic (exact) mass is 606 g/mol. The molecular formula is C33H33F3N4O4. The van der Waals surface area contributed by atoms with Gasteiger partial charge in [0.05, 0.1) is 32.0 Å². The van der Waals surface area contributed by atoms with Gasteiger partial charge in [-0.1, -0.05) is 18.1 Å². The van der Waals surface area contributed by atoms with Crippen LogP contribution in [0.4, 0.5) is 19.0 Å². The molecule has 3 aliphatic rings. The molecule has 3 atom stereocenters. The van der Waals surface area contributed by atoms with E-state index in [0.29, 0.717) is 54.3 Å². The van der Waals surface area contributed by atoms with E-state index in [1.807, 2.05) is 4.90 Å². The number of anilines is 1. The molecule has 0 saturated carbocycles. The summed E-state index contributed by atoms with van der Waals surface area (Å²) in [4.78, 5) is 12.8. The number of aromatic hydroxyl groups is 1. The zero-order chi connectivity index (χ0) is 31.0. The Bertz CT molecular complexity index is 1730. The Morgan fingerprint density at radius 3 is 2.70 bits per heavy atom. The number of ether oxygens (including phenoxy) is 2. The summed E-state index contributed by atoms with van der Waals surface area (Å²) in [5.74, 6) is 1.34. The Balaban J connectivity index is 0.000000323. The van der Waals surface area contributed by atoms with Gasteiger partial charge in [0.1, 0.15) is 29.1 Å². The highest BCUT2D eigenvalue weighted by Crippen LogP contribution is 2.40. The number of fused-ring (bicyclic) bond motifs is 3. The fourth-order valence-corrected chi connectivity index (χ4v) is 6.49. The van der Waals surface area contributed by atoms with Crippen molar-refractivity contribution in [2.45, 2.75) is 37.6 Å². The summed E-state index contributed by atoms with van der Waals surface area (Å²) >= 11 is 0. The van der Waals surface area contributed by atoms with Crippen molar-refractivity contribution in [1.29, 1.82) is 0 Å². The minimum Gasteiger partial charge on any atom is -0.508 e. The van der Waals surface area contributed by atoms with Crippen LogP contribution >= 0.6 is 0 Å². The number of terminal acetylenes is 1. The zero-order valence-corrected chi connectivity index (χ0v) is 24.3. The van der Waals surface area contributed by atoms with Gasteiger partial charge in [-0.2, -0.15) is 9.97 Å². The molecule has 3 aliphatic heterocycles. The molecule has 8 nitrogen and oxygen atoms in total. The molecule has 4 aromatic rings. The van der Waals surface area contributed by atoms with E-state index in [-0.39, 0.29) is 40.6 Å². The van der Waals surface area contributed by atoms with Crippen LogP contribution in [0, 0.1) is 24.0 Å². The van der Waals surface area contributed by atoms with Gasteiger partial charge in [-0.15, -0.1) is 6.42 Å². The number of nitrogens with zero attached hydrogens (tertiary/aromatic N) is 4. The van der Waals surface area contributed by atoms with Gasteiger partial charge in [-0.25, -0.2) is 13.2 Å². The first-order chi connectivity index (χ1) is 21.3. The highest BCUT2D eigenvalue weighted by atomic mass is 19.1. The predicted octanol–water partition coefficient (Wildman–Crippen LogP) is 4.81. The molecular weight excluding hydrogens is 573 g/mol. The van der Waals surface area contributed by atoms with Crippen LogP contribution in [-0.4, -0.2) is 89.9 Å². The van der Waals surface area contributed by atoms with Gasteiger partial charge in [-0.05, 0) is 61.0 Å². The first-order valence-corrected chi connectivity index (χ1v) is 14.6.